The number of anilines is 2. The third-order valence-electron chi connectivity index (χ3n) is 5.63. The number of amides is 2. The van der Waals surface area contributed by atoms with Crippen LogP contribution in [0.25, 0.3) is 11.1 Å². The minimum Gasteiger partial charge on any atom is -0.368 e. The molecule has 8 nitrogen and oxygen atoms in total. The molecule has 0 atom stereocenters. The lowest BCUT2D eigenvalue weighted by Crippen LogP contribution is -2.31. The van der Waals surface area contributed by atoms with Crippen molar-refractivity contribution < 1.29 is 9.18 Å². The second kappa shape index (κ2) is 9.64. The molecule has 0 saturated carbocycles. The molecule has 34 heavy (non-hydrogen) atoms. The van der Waals surface area contributed by atoms with E-state index in [1.807, 2.05) is 49.0 Å². The maximum Gasteiger partial charge on any atom is 0.329 e. The van der Waals surface area contributed by atoms with Crippen LogP contribution in [-0.2, 0) is 6.54 Å². The molecule has 10 heteroatoms. The van der Waals surface area contributed by atoms with Gasteiger partial charge in [-0.15, -0.1) is 0 Å². The number of aliphatic imine (C=N–C) groups is 1. The van der Waals surface area contributed by atoms with Gasteiger partial charge in [0.1, 0.15) is 11.5 Å². The Morgan fingerprint density at radius 2 is 1.97 bits per heavy atom. The topological polar surface area (TPSA) is 104 Å². The zero-order valence-corrected chi connectivity index (χ0v) is 19.7. The molecule has 3 aromatic rings. The van der Waals surface area contributed by atoms with E-state index in [9.17, 15) is 9.18 Å². The van der Waals surface area contributed by atoms with Gasteiger partial charge in [-0.1, -0.05) is 30.7 Å². The summed E-state index contributed by atoms with van der Waals surface area (Å²) < 4.78 is 15.3. The zero-order valence-electron chi connectivity index (χ0n) is 18.9. The fourth-order valence-corrected chi connectivity index (χ4v) is 4.26. The number of nitrogens with zero attached hydrogens (tertiary/aromatic N) is 5. The first-order valence-electron chi connectivity index (χ1n) is 11.0. The van der Waals surface area contributed by atoms with Crippen molar-refractivity contribution in [3.8, 4) is 11.1 Å². The van der Waals surface area contributed by atoms with Gasteiger partial charge < -0.3 is 5.73 Å². The van der Waals surface area contributed by atoms with Gasteiger partial charge in [0.2, 0.25) is 5.96 Å². The SMILES string of the molecule is CCC(=NC(=N)N)c1nn(CC)cc1-c1cccc(N2CCN(c3ccc(F)cc3Cl)C2=O)c1. The average Bonchev–Trinajstić information content (AvgIpc) is 3.41. The van der Waals surface area contributed by atoms with E-state index >= 15 is 0 Å². The van der Waals surface area contributed by atoms with E-state index in [1.54, 1.807) is 9.80 Å². The van der Waals surface area contributed by atoms with E-state index in [-0.39, 0.29) is 17.0 Å². The molecule has 0 radical (unpaired) electrons. The molecule has 4 rings (SSSR count). The van der Waals surface area contributed by atoms with Crippen LogP contribution in [0.5, 0.6) is 0 Å². The average molecular weight is 482 g/mol. The van der Waals surface area contributed by atoms with Gasteiger partial charge in [0.15, 0.2) is 0 Å². The van der Waals surface area contributed by atoms with E-state index < -0.39 is 5.82 Å². The molecule has 176 valence electrons. The summed E-state index contributed by atoms with van der Waals surface area (Å²) in [6.07, 6.45) is 2.49. The Labute approximate surface area is 202 Å². The van der Waals surface area contributed by atoms with Gasteiger partial charge >= 0.3 is 6.03 Å². The predicted molar refractivity (Wildman–Crippen MR) is 134 cm³/mol. The van der Waals surface area contributed by atoms with Crippen molar-refractivity contribution in [1.29, 1.82) is 5.41 Å². The first kappa shape index (κ1) is 23.4. The Morgan fingerprint density at radius 1 is 1.21 bits per heavy atom. The summed E-state index contributed by atoms with van der Waals surface area (Å²) in [6.45, 7) is 5.48. The molecule has 1 aromatic heterocycles. The van der Waals surface area contributed by atoms with Crippen molar-refractivity contribution in [2.24, 2.45) is 10.7 Å². The summed E-state index contributed by atoms with van der Waals surface area (Å²) in [4.78, 5) is 20.6. The molecule has 1 aliphatic heterocycles. The number of urea groups is 1. The van der Waals surface area contributed by atoms with Crippen LogP contribution >= 0.6 is 11.6 Å². The highest BCUT2D eigenvalue weighted by Gasteiger charge is 2.32. The predicted octanol–water partition coefficient (Wildman–Crippen LogP) is 4.90. The Bertz CT molecular complexity index is 1290. The van der Waals surface area contributed by atoms with Crippen LogP contribution in [0.2, 0.25) is 5.02 Å². The highest BCUT2D eigenvalue weighted by Crippen LogP contribution is 2.33. The molecule has 2 heterocycles. The molecule has 1 aliphatic rings. The van der Waals surface area contributed by atoms with Crippen LogP contribution in [0.15, 0.2) is 53.7 Å². The number of nitrogens with one attached hydrogen (secondary N) is 1. The van der Waals surface area contributed by atoms with Crippen molar-refractivity contribution in [2.75, 3.05) is 22.9 Å². The number of hydrogen-bond donors (Lipinski definition) is 2. The molecule has 0 unspecified atom stereocenters. The molecule has 2 aromatic carbocycles. The quantitative estimate of drug-likeness (QED) is 0.386. The third kappa shape index (κ3) is 4.51. The Balaban J connectivity index is 1.69. The van der Waals surface area contributed by atoms with E-state index in [2.05, 4.69) is 10.1 Å². The van der Waals surface area contributed by atoms with E-state index in [1.165, 1.54) is 18.2 Å². The van der Waals surface area contributed by atoms with Gasteiger partial charge in [-0.05, 0) is 49.2 Å². The number of benzene rings is 2. The number of guanidine groups is 1. The van der Waals surface area contributed by atoms with E-state index in [0.717, 1.165) is 16.8 Å². The molecule has 1 saturated heterocycles. The lowest BCUT2D eigenvalue weighted by molar-refractivity contribution is 0.256. The lowest BCUT2D eigenvalue weighted by Gasteiger charge is -2.20. The smallest absolute Gasteiger partial charge is 0.329 e. The highest BCUT2D eigenvalue weighted by molar-refractivity contribution is 6.34. The Hall–Kier alpha value is -3.72. The summed E-state index contributed by atoms with van der Waals surface area (Å²) in [5.74, 6) is -0.724. The van der Waals surface area contributed by atoms with Crippen molar-refractivity contribution in [3.63, 3.8) is 0 Å². The number of rotatable bonds is 6. The standard InChI is InChI=1S/C24H25ClFN7O/c1-3-20(29-23(27)28)22-18(14-31(4-2)30-22)15-6-5-7-17(12-15)32-10-11-33(24(32)34)21-9-8-16(26)13-19(21)25/h5-9,12-14H,3-4,10-11H2,1-2H3,(H3,27,28). The van der Waals surface area contributed by atoms with E-state index in [4.69, 9.17) is 22.7 Å². The second-order valence-electron chi connectivity index (χ2n) is 7.78. The summed E-state index contributed by atoms with van der Waals surface area (Å²) in [6, 6.07) is 11.4. The molecular formula is C24H25ClFN7O. The van der Waals surface area contributed by atoms with Crippen molar-refractivity contribution in [2.45, 2.75) is 26.8 Å². The fraction of sp³-hybridized carbons (Fsp3) is 0.250. The summed E-state index contributed by atoms with van der Waals surface area (Å²) in [7, 11) is 0. The second-order valence-corrected chi connectivity index (χ2v) is 8.18. The van der Waals surface area contributed by atoms with Crippen LogP contribution < -0.4 is 15.5 Å². The van der Waals surface area contributed by atoms with Gasteiger partial charge in [0.25, 0.3) is 0 Å². The van der Waals surface area contributed by atoms with E-state index in [0.29, 0.717) is 43.1 Å². The summed E-state index contributed by atoms with van der Waals surface area (Å²) >= 11 is 6.19. The minimum atomic E-state index is -0.451. The number of hydrogen-bond acceptors (Lipinski definition) is 3. The molecule has 0 spiro atoms. The van der Waals surface area contributed by atoms with Gasteiger partial charge in [-0.2, -0.15) is 5.10 Å². The molecule has 0 bridgehead atoms. The van der Waals surface area contributed by atoms with Gasteiger partial charge in [-0.3, -0.25) is 19.9 Å². The highest BCUT2D eigenvalue weighted by atomic mass is 35.5. The first-order chi connectivity index (χ1) is 16.3. The summed E-state index contributed by atoms with van der Waals surface area (Å²) in [5, 5.41) is 12.4. The molecule has 1 fully saturated rings. The van der Waals surface area contributed by atoms with Crippen molar-refractivity contribution >= 4 is 40.7 Å². The molecule has 3 N–H and O–H groups in total. The third-order valence-corrected chi connectivity index (χ3v) is 5.93. The number of carbonyl (C=O) groups is 1. The maximum atomic E-state index is 13.5. The maximum absolute atomic E-state index is 13.5. The largest absolute Gasteiger partial charge is 0.368 e. The normalized spacial score (nSPS) is 14.2. The number of nitrogens with two attached hydrogens (primary N) is 1. The Kier molecular flexibility index (Phi) is 6.65. The zero-order chi connectivity index (χ0) is 24.4. The van der Waals surface area contributed by atoms with Crippen LogP contribution in [0.4, 0.5) is 20.6 Å². The van der Waals surface area contributed by atoms with Crippen LogP contribution in [0.3, 0.4) is 0 Å². The Morgan fingerprint density at radius 3 is 2.65 bits per heavy atom. The first-order valence-corrected chi connectivity index (χ1v) is 11.3. The lowest BCUT2D eigenvalue weighted by atomic mass is 10.0. The van der Waals surface area contributed by atoms with Crippen molar-refractivity contribution in [3.05, 3.63) is 65.2 Å². The number of aryl methyl sites for hydroxylation is 1. The van der Waals surface area contributed by atoms with Crippen LogP contribution in [0, 0.1) is 11.2 Å². The van der Waals surface area contributed by atoms with Crippen LogP contribution in [-0.4, -0.2) is 40.6 Å². The van der Waals surface area contributed by atoms with Gasteiger partial charge in [-0.25, -0.2) is 14.2 Å². The molecule has 0 aliphatic carbocycles. The van der Waals surface area contributed by atoms with Gasteiger partial charge in [0.05, 0.1) is 16.4 Å². The van der Waals surface area contributed by atoms with Crippen LogP contribution in [0.1, 0.15) is 26.0 Å². The minimum absolute atomic E-state index is 0.192. The number of halogens is 2. The van der Waals surface area contributed by atoms with Crippen molar-refractivity contribution in [1.82, 2.24) is 9.78 Å². The molecular weight excluding hydrogens is 457 g/mol. The van der Waals surface area contributed by atoms with Gasteiger partial charge in [0, 0.05) is 37.1 Å². The number of aromatic nitrogens is 2. The monoisotopic (exact) mass is 481 g/mol. The molecule has 2 amide bonds. The summed E-state index contributed by atoms with van der Waals surface area (Å²) in [5.41, 5.74) is 9.70. The fourth-order valence-electron chi connectivity index (χ4n) is 3.99. The number of carbonyl (C=O) groups excluding carboxylic acids is 1.